The first kappa shape index (κ1) is 30.3. The normalized spacial score (nSPS) is 12.9. The molecule has 3 aliphatic heterocycles. The van der Waals surface area contributed by atoms with Gasteiger partial charge in [0.2, 0.25) is 0 Å². The molecule has 57 heavy (non-hydrogen) atoms. The number of pyridine rings is 2. The van der Waals surface area contributed by atoms with Crippen molar-refractivity contribution >= 4 is 49.9 Å². The van der Waals surface area contributed by atoms with Crippen LogP contribution in [0.4, 0.5) is 17.1 Å². The van der Waals surface area contributed by atoms with E-state index in [0.29, 0.717) is 46.3 Å². The Hall–Kier alpha value is -8.04. The van der Waals surface area contributed by atoms with E-state index in [1.54, 1.807) is 0 Å². The zero-order chi connectivity index (χ0) is 37.2. The predicted molar refractivity (Wildman–Crippen MR) is 221 cm³/mol. The van der Waals surface area contributed by atoms with E-state index < -0.39 is 0 Å². The highest BCUT2D eigenvalue weighted by Crippen LogP contribution is 2.65. The highest BCUT2D eigenvalue weighted by Gasteiger charge is 2.43. The van der Waals surface area contributed by atoms with Crippen LogP contribution in [0.5, 0.6) is 34.8 Å². The summed E-state index contributed by atoms with van der Waals surface area (Å²) in [6.07, 6.45) is 1.83. The number of rotatable bonds is 4. The van der Waals surface area contributed by atoms with Gasteiger partial charge in [-0.2, -0.15) is 9.97 Å². The number of hydrogen-bond donors (Lipinski definition) is 0. The van der Waals surface area contributed by atoms with E-state index in [0.717, 1.165) is 72.3 Å². The van der Waals surface area contributed by atoms with E-state index in [4.69, 9.17) is 34.1 Å². The van der Waals surface area contributed by atoms with Crippen molar-refractivity contribution in [3.05, 3.63) is 158 Å². The van der Waals surface area contributed by atoms with Gasteiger partial charge < -0.3 is 14.2 Å². The SMILES string of the molecule is c1ccc(-c2ccc(-c3cc(-n4c5ccccc5c5cc(-c6nc7c8c(n6)Oc6cccc9c6N8c6c(cccc6O7)O9)ccc54)nc4cccnc34)cc2)cc1. The van der Waals surface area contributed by atoms with E-state index in [1.807, 2.05) is 60.8 Å². The van der Waals surface area contributed by atoms with Gasteiger partial charge in [0.15, 0.2) is 34.5 Å². The molecule has 13 rings (SSSR count). The van der Waals surface area contributed by atoms with E-state index in [1.165, 1.54) is 5.56 Å². The lowest BCUT2D eigenvalue weighted by molar-refractivity contribution is 0.401. The molecule has 9 heteroatoms. The summed E-state index contributed by atoms with van der Waals surface area (Å²) in [4.78, 5) is 22.2. The van der Waals surface area contributed by atoms with Crippen molar-refractivity contribution in [2.24, 2.45) is 0 Å². The molecule has 0 saturated carbocycles. The van der Waals surface area contributed by atoms with Crippen molar-refractivity contribution in [3.63, 3.8) is 0 Å². The van der Waals surface area contributed by atoms with Crippen LogP contribution in [0.2, 0.25) is 0 Å². The molecular formula is C48H26N6O3. The molecule has 0 bridgehead atoms. The van der Waals surface area contributed by atoms with Crippen molar-refractivity contribution in [3.8, 4) is 74.2 Å². The minimum Gasteiger partial charge on any atom is -0.453 e. The van der Waals surface area contributed by atoms with Crippen LogP contribution in [0.1, 0.15) is 0 Å². The minimum absolute atomic E-state index is 0.419. The summed E-state index contributed by atoms with van der Waals surface area (Å²) in [7, 11) is 0. The maximum atomic E-state index is 6.47. The van der Waals surface area contributed by atoms with Crippen LogP contribution in [0.25, 0.3) is 72.3 Å². The molecule has 0 radical (unpaired) electrons. The number of hydrogen-bond acceptors (Lipinski definition) is 8. The third-order valence-corrected chi connectivity index (χ3v) is 11.1. The molecule has 6 aromatic carbocycles. The molecule has 3 aliphatic rings. The molecule has 9 nitrogen and oxygen atoms in total. The largest absolute Gasteiger partial charge is 0.453 e. The first-order chi connectivity index (χ1) is 28.2. The second kappa shape index (κ2) is 11.2. The van der Waals surface area contributed by atoms with Crippen molar-refractivity contribution in [2.45, 2.75) is 0 Å². The van der Waals surface area contributed by atoms with Gasteiger partial charge in [0.1, 0.15) is 17.2 Å². The Kier molecular flexibility index (Phi) is 5.98. The predicted octanol–water partition coefficient (Wildman–Crippen LogP) is 12.3. The number of para-hydroxylation sites is 3. The summed E-state index contributed by atoms with van der Waals surface area (Å²) in [6, 6.07) is 51.5. The molecular weight excluding hydrogens is 709 g/mol. The Labute approximate surface area is 324 Å². The molecule has 266 valence electrons. The first-order valence-corrected chi connectivity index (χ1v) is 18.7. The fourth-order valence-corrected chi connectivity index (χ4v) is 8.53. The molecule has 4 aromatic heterocycles. The van der Waals surface area contributed by atoms with Crippen LogP contribution in [0.15, 0.2) is 158 Å². The second-order valence-electron chi connectivity index (χ2n) is 14.3. The van der Waals surface area contributed by atoms with Crippen LogP contribution in [0.3, 0.4) is 0 Å². The summed E-state index contributed by atoms with van der Waals surface area (Å²) in [5.74, 6) is 4.84. The lowest BCUT2D eigenvalue weighted by Crippen LogP contribution is -2.25. The van der Waals surface area contributed by atoms with E-state index in [9.17, 15) is 0 Å². The molecule has 10 aromatic rings. The van der Waals surface area contributed by atoms with Gasteiger partial charge >= 0.3 is 0 Å². The van der Waals surface area contributed by atoms with Gasteiger partial charge in [-0.1, -0.05) is 84.9 Å². The number of ether oxygens (including phenoxy) is 3. The van der Waals surface area contributed by atoms with Crippen molar-refractivity contribution in [2.75, 3.05) is 4.90 Å². The average Bonchev–Trinajstić information content (AvgIpc) is 3.60. The molecule has 0 unspecified atom stereocenters. The van der Waals surface area contributed by atoms with E-state index in [-0.39, 0.29) is 0 Å². The second-order valence-corrected chi connectivity index (χ2v) is 14.3. The fraction of sp³-hybridized carbons (Fsp3) is 0. The van der Waals surface area contributed by atoms with Gasteiger partial charge in [-0.15, -0.1) is 0 Å². The molecule has 0 atom stereocenters. The van der Waals surface area contributed by atoms with Gasteiger partial charge in [-0.25, -0.2) is 4.98 Å². The topological polar surface area (TPSA) is 87.4 Å². The van der Waals surface area contributed by atoms with Gasteiger partial charge in [0, 0.05) is 28.1 Å². The highest BCUT2D eigenvalue weighted by atomic mass is 16.5. The highest BCUT2D eigenvalue weighted by molar-refractivity contribution is 6.10. The summed E-state index contributed by atoms with van der Waals surface area (Å²) in [6.45, 7) is 0. The van der Waals surface area contributed by atoms with Crippen LogP contribution >= 0.6 is 0 Å². The maximum Gasteiger partial charge on any atom is 0.251 e. The van der Waals surface area contributed by atoms with Crippen molar-refractivity contribution < 1.29 is 14.2 Å². The van der Waals surface area contributed by atoms with Gasteiger partial charge in [0.25, 0.3) is 11.8 Å². The third kappa shape index (κ3) is 4.33. The number of fused-ring (bicyclic) bond motifs is 4. The fourth-order valence-electron chi connectivity index (χ4n) is 8.53. The van der Waals surface area contributed by atoms with Crippen LogP contribution in [-0.2, 0) is 0 Å². The third-order valence-electron chi connectivity index (χ3n) is 11.1. The summed E-state index contributed by atoms with van der Waals surface area (Å²) >= 11 is 0. The Bertz CT molecular complexity index is 3270. The minimum atomic E-state index is 0.419. The van der Waals surface area contributed by atoms with Crippen LogP contribution in [0, 0.1) is 0 Å². The zero-order valence-electron chi connectivity index (χ0n) is 29.9. The smallest absolute Gasteiger partial charge is 0.251 e. The average molecular weight is 735 g/mol. The summed E-state index contributed by atoms with van der Waals surface area (Å²) < 4.78 is 21.4. The van der Waals surface area contributed by atoms with E-state index >= 15 is 0 Å². The summed E-state index contributed by atoms with van der Waals surface area (Å²) in [5, 5.41) is 2.12. The molecule has 0 fully saturated rings. The molecule has 0 saturated heterocycles. The van der Waals surface area contributed by atoms with Crippen molar-refractivity contribution in [1.29, 1.82) is 0 Å². The first-order valence-electron chi connectivity index (χ1n) is 18.7. The van der Waals surface area contributed by atoms with Crippen molar-refractivity contribution in [1.82, 2.24) is 24.5 Å². The molecule has 0 N–H and O–H groups in total. The lowest BCUT2D eigenvalue weighted by Gasteiger charge is -2.40. The van der Waals surface area contributed by atoms with E-state index in [2.05, 4.69) is 107 Å². The molecule has 7 heterocycles. The number of anilines is 3. The quantitative estimate of drug-likeness (QED) is 0.177. The number of benzene rings is 6. The maximum absolute atomic E-state index is 6.47. The molecule has 0 spiro atoms. The molecule has 0 amide bonds. The van der Waals surface area contributed by atoms with Crippen LogP contribution in [-0.4, -0.2) is 24.5 Å². The zero-order valence-corrected chi connectivity index (χ0v) is 29.9. The molecule has 0 aliphatic carbocycles. The van der Waals surface area contributed by atoms with Gasteiger partial charge in [-0.3, -0.25) is 14.5 Å². The lowest BCUT2D eigenvalue weighted by atomic mass is 9.99. The Morgan fingerprint density at radius 3 is 1.82 bits per heavy atom. The van der Waals surface area contributed by atoms with Gasteiger partial charge in [-0.05, 0) is 83.4 Å². The number of aromatic nitrogens is 5. The summed E-state index contributed by atoms with van der Waals surface area (Å²) in [5.41, 5.74) is 11.2. The van der Waals surface area contributed by atoms with Crippen LogP contribution < -0.4 is 19.1 Å². The Morgan fingerprint density at radius 2 is 1.07 bits per heavy atom. The monoisotopic (exact) mass is 734 g/mol. The number of nitrogens with zero attached hydrogens (tertiary/aromatic N) is 6. The standard InChI is InChI=1S/C48H26N6O3/c1-2-9-27(10-3-1)28-18-20-29(21-19-28)32-26-41(50-34-12-8-24-49-42(32)34)53-35-13-5-4-11-31(35)33-25-30(22-23-36(33)53)46-51-47-45-48(52-46)57-40-17-7-15-38-44(40)54(45)43-37(55-38)14-6-16-39(43)56-47/h1-26H. The Balaban J connectivity index is 0.967. The van der Waals surface area contributed by atoms with Gasteiger partial charge in [0.05, 0.1) is 22.1 Å². The Morgan fingerprint density at radius 1 is 0.439 bits per heavy atom.